The van der Waals surface area contributed by atoms with Crippen molar-refractivity contribution in [2.45, 2.75) is 45.7 Å². The summed E-state index contributed by atoms with van der Waals surface area (Å²) >= 11 is 1.65. The van der Waals surface area contributed by atoms with Crippen molar-refractivity contribution in [3.05, 3.63) is 29.3 Å². The third kappa shape index (κ3) is 6.72. The molecule has 0 bridgehead atoms. The first-order valence-corrected chi connectivity index (χ1v) is 11.8. The molecule has 1 fully saturated rings. The van der Waals surface area contributed by atoms with Crippen LogP contribution in [0.2, 0.25) is 0 Å². The van der Waals surface area contributed by atoms with E-state index in [1.54, 1.807) is 16.2 Å². The second-order valence-corrected chi connectivity index (χ2v) is 10.5. The van der Waals surface area contributed by atoms with Crippen molar-refractivity contribution < 1.29 is 9.59 Å². The number of likely N-dealkylation sites (N-methyl/N-ethyl adjacent to an activating group) is 1. The van der Waals surface area contributed by atoms with E-state index in [4.69, 9.17) is 4.98 Å². The predicted molar refractivity (Wildman–Crippen MR) is 126 cm³/mol. The summed E-state index contributed by atoms with van der Waals surface area (Å²) in [7, 11) is 1.86. The van der Waals surface area contributed by atoms with E-state index in [0.717, 1.165) is 47.8 Å². The molecule has 0 saturated carbocycles. The molecule has 0 aliphatic carbocycles. The van der Waals surface area contributed by atoms with Gasteiger partial charge in [0.25, 0.3) is 0 Å². The zero-order valence-electron chi connectivity index (χ0n) is 19.4. The maximum atomic E-state index is 13.0. The first-order valence-electron chi connectivity index (χ1n) is 11.0. The predicted octanol–water partition coefficient (Wildman–Crippen LogP) is 2.74. The zero-order chi connectivity index (χ0) is 22.6. The number of aromatic nitrogens is 1. The maximum absolute atomic E-state index is 13.0. The van der Waals surface area contributed by atoms with Crippen LogP contribution in [0.15, 0.2) is 24.3 Å². The molecule has 0 radical (unpaired) electrons. The summed E-state index contributed by atoms with van der Waals surface area (Å²) in [4.78, 5) is 36.1. The summed E-state index contributed by atoms with van der Waals surface area (Å²) in [5.74, 6) is 0.159. The van der Waals surface area contributed by atoms with Gasteiger partial charge in [0.1, 0.15) is 5.01 Å². The van der Waals surface area contributed by atoms with Gasteiger partial charge in [0, 0.05) is 25.7 Å². The number of amides is 2. The lowest BCUT2D eigenvalue weighted by molar-refractivity contribution is -0.133. The number of hydrogen-bond acceptors (Lipinski definition) is 6. The molecule has 1 aromatic heterocycles. The van der Waals surface area contributed by atoms with Crippen molar-refractivity contribution in [3.8, 4) is 0 Å². The molecular weight excluding hydrogens is 410 g/mol. The smallest absolute Gasteiger partial charge is 0.237 e. The van der Waals surface area contributed by atoms with E-state index >= 15 is 0 Å². The number of thiazole rings is 1. The van der Waals surface area contributed by atoms with Crippen LogP contribution in [-0.2, 0) is 9.59 Å². The van der Waals surface area contributed by atoms with Gasteiger partial charge in [-0.15, -0.1) is 11.3 Å². The second-order valence-electron chi connectivity index (χ2n) is 9.40. The van der Waals surface area contributed by atoms with Gasteiger partial charge in [-0.3, -0.25) is 19.4 Å². The summed E-state index contributed by atoms with van der Waals surface area (Å²) in [6.07, 6.45) is 0.952. The van der Waals surface area contributed by atoms with Crippen molar-refractivity contribution in [2.75, 3.05) is 46.3 Å². The van der Waals surface area contributed by atoms with Crippen molar-refractivity contribution in [2.24, 2.45) is 0 Å². The number of hydrogen-bond donors (Lipinski definition) is 1. The Labute approximate surface area is 189 Å². The lowest BCUT2D eigenvalue weighted by Crippen LogP contribution is -2.46. The van der Waals surface area contributed by atoms with Gasteiger partial charge in [0.05, 0.1) is 29.3 Å². The summed E-state index contributed by atoms with van der Waals surface area (Å²) in [6, 6.07) is 8.01. The Balaban J connectivity index is 1.51. The fourth-order valence-corrected chi connectivity index (χ4v) is 4.82. The Hall–Kier alpha value is -2.03. The van der Waals surface area contributed by atoms with Crippen LogP contribution in [0.1, 0.15) is 45.2 Å². The van der Waals surface area contributed by atoms with Gasteiger partial charge in [-0.25, -0.2) is 4.98 Å². The topological polar surface area (TPSA) is 68.8 Å². The number of carbonyl (C=O) groups excluding carboxylic acids is 2. The van der Waals surface area contributed by atoms with E-state index < -0.39 is 0 Å². The molecule has 1 saturated heterocycles. The Bertz CT molecular complexity index is 874. The van der Waals surface area contributed by atoms with Gasteiger partial charge in [0.15, 0.2) is 0 Å². The van der Waals surface area contributed by atoms with Crippen LogP contribution in [-0.4, -0.2) is 83.4 Å². The number of nitrogens with zero attached hydrogens (tertiary/aromatic N) is 4. The molecule has 1 aliphatic heterocycles. The van der Waals surface area contributed by atoms with E-state index in [-0.39, 0.29) is 23.4 Å². The Morgan fingerprint density at radius 2 is 1.77 bits per heavy atom. The molecule has 8 heteroatoms. The highest BCUT2D eigenvalue weighted by atomic mass is 32.1. The molecule has 1 aromatic carbocycles. The van der Waals surface area contributed by atoms with Gasteiger partial charge in [-0.05, 0) is 59.3 Å². The molecule has 31 heavy (non-hydrogen) atoms. The summed E-state index contributed by atoms with van der Waals surface area (Å²) in [5.41, 5.74) is 0.768. The highest BCUT2D eigenvalue weighted by Gasteiger charge is 2.24. The summed E-state index contributed by atoms with van der Waals surface area (Å²) in [6.45, 7) is 12.1. The molecule has 1 atom stereocenters. The van der Waals surface area contributed by atoms with E-state index in [0.29, 0.717) is 13.1 Å². The average Bonchev–Trinajstić information content (AvgIpc) is 3.01. The first kappa shape index (κ1) is 23.6. The largest absolute Gasteiger partial charge is 0.350 e. The molecule has 3 rings (SSSR count). The van der Waals surface area contributed by atoms with Gasteiger partial charge in [-0.2, -0.15) is 0 Å². The molecule has 1 N–H and O–H groups in total. The number of rotatable bonds is 6. The zero-order valence-corrected chi connectivity index (χ0v) is 20.2. The van der Waals surface area contributed by atoms with Crippen LogP contribution in [0.25, 0.3) is 10.2 Å². The number of nitrogens with one attached hydrogen (secondary N) is 1. The van der Waals surface area contributed by atoms with Crippen LogP contribution in [0.3, 0.4) is 0 Å². The van der Waals surface area contributed by atoms with Gasteiger partial charge < -0.3 is 10.2 Å². The quantitative estimate of drug-likeness (QED) is 0.741. The number of fused-ring (bicyclic) bond motifs is 1. The van der Waals surface area contributed by atoms with Gasteiger partial charge >= 0.3 is 0 Å². The Morgan fingerprint density at radius 3 is 2.42 bits per heavy atom. The molecular formula is C23H35N5O2S. The monoisotopic (exact) mass is 445 g/mol. The highest BCUT2D eigenvalue weighted by molar-refractivity contribution is 7.18. The molecule has 2 heterocycles. The molecule has 0 unspecified atom stereocenters. The molecule has 2 aromatic rings. The van der Waals surface area contributed by atoms with Crippen LogP contribution in [0, 0.1) is 0 Å². The third-order valence-electron chi connectivity index (χ3n) is 5.56. The molecule has 170 valence electrons. The lowest BCUT2D eigenvalue weighted by atomic mass is 10.1. The lowest BCUT2D eigenvalue weighted by Gasteiger charge is -2.27. The van der Waals surface area contributed by atoms with Crippen molar-refractivity contribution in [1.82, 2.24) is 25.0 Å². The number of carbonyl (C=O) groups is 2. The molecule has 0 spiro atoms. The number of benzene rings is 1. The van der Waals surface area contributed by atoms with Gasteiger partial charge in [-0.1, -0.05) is 12.1 Å². The average molecular weight is 446 g/mol. The van der Waals surface area contributed by atoms with Crippen LogP contribution in [0.5, 0.6) is 0 Å². The van der Waals surface area contributed by atoms with E-state index in [9.17, 15) is 9.59 Å². The normalized spacial score (nSPS) is 17.3. The van der Waals surface area contributed by atoms with Crippen LogP contribution in [0.4, 0.5) is 0 Å². The summed E-state index contributed by atoms with van der Waals surface area (Å²) < 4.78 is 1.15. The first-order chi connectivity index (χ1) is 14.6. The van der Waals surface area contributed by atoms with Crippen LogP contribution >= 0.6 is 11.3 Å². The molecule has 2 amide bonds. The second kappa shape index (κ2) is 10.1. The molecule has 1 aliphatic rings. The molecule has 7 nitrogen and oxygen atoms in total. The SMILES string of the molecule is C[C@H](c1nc2ccccc2s1)N(C)C(=O)CN1CCCN(CC(=O)NC(C)(C)C)CC1. The van der Waals surface area contributed by atoms with E-state index in [1.165, 1.54) is 0 Å². The minimum Gasteiger partial charge on any atom is -0.350 e. The summed E-state index contributed by atoms with van der Waals surface area (Å²) in [5, 5.41) is 3.98. The third-order valence-corrected chi connectivity index (χ3v) is 6.77. The fraction of sp³-hybridized carbons (Fsp3) is 0.609. The van der Waals surface area contributed by atoms with Crippen molar-refractivity contribution >= 4 is 33.4 Å². The van der Waals surface area contributed by atoms with E-state index in [1.807, 2.05) is 52.9 Å². The van der Waals surface area contributed by atoms with Crippen molar-refractivity contribution in [3.63, 3.8) is 0 Å². The Morgan fingerprint density at radius 1 is 1.13 bits per heavy atom. The number of para-hydroxylation sites is 1. The Kier molecular flexibility index (Phi) is 7.67. The fourth-order valence-electron chi connectivity index (χ4n) is 3.75. The standard InChI is InChI=1S/C23H35N5O2S/c1-17(22-24-18-9-6-7-10-19(18)31-22)26(5)21(30)16-28-12-8-11-27(13-14-28)15-20(29)25-23(2,3)4/h6-7,9-10,17H,8,11-16H2,1-5H3,(H,25,29)/t17-/m1/s1. The van der Waals surface area contributed by atoms with Crippen LogP contribution < -0.4 is 5.32 Å². The van der Waals surface area contributed by atoms with Gasteiger partial charge in [0.2, 0.25) is 11.8 Å². The van der Waals surface area contributed by atoms with E-state index in [2.05, 4.69) is 21.2 Å². The minimum absolute atomic E-state index is 0.0569. The maximum Gasteiger partial charge on any atom is 0.237 e. The minimum atomic E-state index is -0.216. The van der Waals surface area contributed by atoms with Crippen molar-refractivity contribution in [1.29, 1.82) is 0 Å². The highest BCUT2D eigenvalue weighted by Crippen LogP contribution is 2.28.